The van der Waals surface area contributed by atoms with Crippen molar-refractivity contribution in [1.82, 2.24) is 25.2 Å². The van der Waals surface area contributed by atoms with E-state index in [1.165, 1.54) is 4.88 Å². The van der Waals surface area contributed by atoms with Crippen molar-refractivity contribution >= 4 is 17.2 Å². The van der Waals surface area contributed by atoms with Crippen LogP contribution >= 0.6 is 11.3 Å². The van der Waals surface area contributed by atoms with Crippen molar-refractivity contribution in [2.24, 2.45) is 0 Å². The maximum Gasteiger partial charge on any atom is 0.255 e. The molecule has 4 heterocycles. The lowest BCUT2D eigenvalue weighted by molar-refractivity contribution is 0.0948. The molecule has 0 saturated heterocycles. The molecule has 24 heavy (non-hydrogen) atoms. The molecule has 0 aliphatic carbocycles. The third-order valence-electron chi connectivity index (χ3n) is 4.05. The Bertz CT molecular complexity index is 837. The smallest absolute Gasteiger partial charge is 0.255 e. The molecule has 3 aromatic heterocycles. The van der Waals surface area contributed by atoms with E-state index in [4.69, 9.17) is 4.52 Å². The summed E-state index contributed by atoms with van der Waals surface area (Å²) in [4.78, 5) is 17.9. The van der Waals surface area contributed by atoms with Crippen LogP contribution in [0, 0.1) is 0 Å². The van der Waals surface area contributed by atoms with Gasteiger partial charge in [0.1, 0.15) is 0 Å². The zero-order valence-electron chi connectivity index (χ0n) is 13.1. The number of amides is 1. The molecule has 0 fully saturated rings. The van der Waals surface area contributed by atoms with E-state index in [9.17, 15) is 4.79 Å². The van der Waals surface area contributed by atoms with E-state index in [-0.39, 0.29) is 12.5 Å². The molecule has 1 amide bonds. The maximum absolute atomic E-state index is 12.4. The number of carbonyl (C=O) groups is 1. The minimum atomic E-state index is -0.136. The highest BCUT2D eigenvalue weighted by atomic mass is 32.1. The van der Waals surface area contributed by atoms with Crippen molar-refractivity contribution < 1.29 is 9.32 Å². The molecule has 1 aliphatic heterocycles. The Morgan fingerprint density at radius 1 is 1.42 bits per heavy atom. The number of fused-ring (bicyclic) bond motifs is 1. The minimum absolute atomic E-state index is 0.136. The molecule has 7 nitrogen and oxygen atoms in total. The van der Waals surface area contributed by atoms with Crippen LogP contribution in [-0.4, -0.2) is 25.8 Å². The van der Waals surface area contributed by atoms with Crippen molar-refractivity contribution in [2.75, 3.05) is 0 Å². The number of carbonyl (C=O) groups excluding carboxylic acids is 1. The third-order valence-corrected chi connectivity index (χ3v) is 4.93. The predicted octanol–water partition coefficient (Wildman–Crippen LogP) is 2.18. The lowest BCUT2D eigenvalue weighted by Crippen LogP contribution is -2.25. The van der Waals surface area contributed by atoms with E-state index in [1.807, 2.05) is 22.2 Å². The molecule has 0 atom stereocenters. The van der Waals surface area contributed by atoms with Crippen molar-refractivity contribution in [3.63, 3.8) is 0 Å². The van der Waals surface area contributed by atoms with Gasteiger partial charge in [0.15, 0.2) is 5.82 Å². The summed E-state index contributed by atoms with van der Waals surface area (Å²) in [5.41, 5.74) is 1.67. The quantitative estimate of drug-likeness (QED) is 0.767. The van der Waals surface area contributed by atoms with E-state index in [0.29, 0.717) is 23.7 Å². The fraction of sp³-hybridized carbons (Fsp3) is 0.375. The Kier molecular flexibility index (Phi) is 4.12. The van der Waals surface area contributed by atoms with E-state index in [0.717, 1.165) is 31.5 Å². The van der Waals surface area contributed by atoms with Crippen LogP contribution in [0.15, 0.2) is 28.2 Å². The summed E-state index contributed by atoms with van der Waals surface area (Å²) in [7, 11) is 0. The second-order valence-corrected chi connectivity index (χ2v) is 6.76. The van der Waals surface area contributed by atoms with Gasteiger partial charge in [-0.3, -0.25) is 9.48 Å². The number of hydrogen-bond acceptors (Lipinski definition) is 6. The van der Waals surface area contributed by atoms with Crippen LogP contribution < -0.4 is 5.32 Å². The van der Waals surface area contributed by atoms with Crippen LogP contribution in [-0.2, 0) is 25.9 Å². The number of aryl methyl sites for hydroxylation is 1. The number of thiophene rings is 1. The summed E-state index contributed by atoms with van der Waals surface area (Å²) in [5, 5.41) is 13.1. The molecular weight excluding hydrogens is 326 g/mol. The normalized spacial score (nSPS) is 13.7. The summed E-state index contributed by atoms with van der Waals surface area (Å²) in [6.07, 6.45) is 5.38. The standard InChI is InChI=1S/C16H17N5O2S/c22-16(12-9-18-21-6-2-1-5-13(12)21)17-10-14-19-15(23-20-14)8-11-4-3-7-24-11/h3-4,7,9H,1-2,5-6,8,10H2,(H,17,22). The molecule has 0 unspecified atom stereocenters. The molecule has 0 aromatic carbocycles. The van der Waals surface area contributed by atoms with Gasteiger partial charge in [0, 0.05) is 11.4 Å². The first-order chi connectivity index (χ1) is 11.8. The van der Waals surface area contributed by atoms with Crippen molar-refractivity contribution in [2.45, 2.75) is 38.8 Å². The van der Waals surface area contributed by atoms with Crippen molar-refractivity contribution in [1.29, 1.82) is 0 Å². The third kappa shape index (κ3) is 3.09. The molecule has 0 spiro atoms. The average molecular weight is 343 g/mol. The average Bonchev–Trinajstić information content (AvgIpc) is 3.34. The number of hydrogen-bond donors (Lipinski definition) is 1. The van der Waals surface area contributed by atoms with Gasteiger partial charge in [-0.1, -0.05) is 11.2 Å². The first-order valence-corrected chi connectivity index (χ1v) is 8.84. The maximum atomic E-state index is 12.4. The highest BCUT2D eigenvalue weighted by molar-refractivity contribution is 7.09. The molecule has 124 valence electrons. The van der Waals surface area contributed by atoms with Gasteiger partial charge in [-0.15, -0.1) is 11.3 Å². The van der Waals surface area contributed by atoms with Gasteiger partial charge in [-0.2, -0.15) is 10.1 Å². The van der Waals surface area contributed by atoms with E-state index in [1.54, 1.807) is 17.5 Å². The molecule has 8 heteroatoms. The highest BCUT2D eigenvalue weighted by Crippen LogP contribution is 2.18. The molecule has 3 aromatic rings. The second kappa shape index (κ2) is 6.56. The van der Waals surface area contributed by atoms with E-state index < -0.39 is 0 Å². The van der Waals surface area contributed by atoms with Crippen molar-refractivity contribution in [3.8, 4) is 0 Å². The predicted molar refractivity (Wildman–Crippen MR) is 87.8 cm³/mol. The van der Waals surface area contributed by atoms with Gasteiger partial charge in [0.05, 0.1) is 30.4 Å². The van der Waals surface area contributed by atoms with Gasteiger partial charge in [0.2, 0.25) is 5.89 Å². The number of nitrogens with one attached hydrogen (secondary N) is 1. The van der Waals surface area contributed by atoms with Crippen LogP contribution in [0.3, 0.4) is 0 Å². The largest absolute Gasteiger partial charge is 0.344 e. The Morgan fingerprint density at radius 3 is 3.25 bits per heavy atom. The summed E-state index contributed by atoms with van der Waals surface area (Å²) in [6, 6.07) is 4.02. The van der Waals surface area contributed by atoms with Gasteiger partial charge < -0.3 is 9.84 Å². The zero-order valence-corrected chi connectivity index (χ0v) is 13.9. The lowest BCUT2D eigenvalue weighted by atomic mass is 10.1. The van der Waals surface area contributed by atoms with Crippen LogP contribution in [0.2, 0.25) is 0 Å². The summed E-state index contributed by atoms with van der Waals surface area (Å²) < 4.78 is 7.15. The molecule has 0 bridgehead atoms. The van der Waals surface area contributed by atoms with Crippen LogP contribution in [0.4, 0.5) is 0 Å². The van der Waals surface area contributed by atoms with Crippen LogP contribution in [0.1, 0.15) is 45.5 Å². The molecule has 1 N–H and O–H groups in total. The fourth-order valence-electron chi connectivity index (χ4n) is 2.86. The number of rotatable bonds is 5. The molecular formula is C16H17N5O2S. The molecule has 0 radical (unpaired) electrons. The summed E-state index contributed by atoms with van der Waals surface area (Å²) in [6.45, 7) is 1.14. The number of nitrogens with zero attached hydrogens (tertiary/aromatic N) is 4. The van der Waals surface area contributed by atoms with E-state index in [2.05, 4.69) is 20.6 Å². The SMILES string of the molecule is O=C(NCc1noc(Cc2cccs2)n1)c1cnn2c1CCCC2. The minimum Gasteiger partial charge on any atom is -0.344 e. The van der Waals surface area contributed by atoms with Gasteiger partial charge in [-0.25, -0.2) is 0 Å². The number of aromatic nitrogens is 4. The Balaban J connectivity index is 1.37. The first kappa shape index (κ1) is 15.1. The Morgan fingerprint density at radius 2 is 2.38 bits per heavy atom. The zero-order chi connectivity index (χ0) is 16.4. The summed E-state index contributed by atoms with van der Waals surface area (Å²) >= 11 is 1.65. The van der Waals surface area contributed by atoms with Gasteiger partial charge >= 0.3 is 0 Å². The molecule has 0 saturated carbocycles. The monoisotopic (exact) mass is 343 g/mol. The molecule has 4 rings (SSSR count). The van der Waals surface area contributed by atoms with Crippen LogP contribution in [0.25, 0.3) is 0 Å². The van der Waals surface area contributed by atoms with Gasteiger partial charge in [-0.05, 0) is 30.7 Å². The molecule has 1 aliphatic rings. The Hall–Kier alpha value is -2.48. The topological polar surface area (TPSA) is 85.8 Å². The van der Waals surface area contributed by atoms with Gasteiger partial charge in [0.25, 0.3) is 5.91 Å². The second-order valence-electron chi connectivity index (χ2n) is 5.73. The Labute approximate surface area is 142 Å². The van der Waals surface area contributed by atoms with Crippen molar-refractivity contribution in [3.05, 3.63) is 51.6 Å². The highest BCUT2D eigenvalue weighted by Gasteiger charge is 2.20. The fourth-order valence-corrected chi connectivity index (χ4v) is 3.56. The summed E-state index contributed by atoms with van der Waals surface area (Å²) in [5.74, 6) is 0.906. The van der Waals surface area contributed by atoms with E-state index >= 15 is 0 Å². The van der Waals surface area contributed by atoms with Crippen LogP contribution in [0.5, 0.6) is 0 Å². The first-order valence-electron chi connectivity index (χ1n) is 7.96. The lowest BCUT2D eigenvalue weighted by Gasteiger charge is -2.14.